The van der Waals surface area contributed by atoms with Gasteiger partial charge in [-0.3, -0.25) is 14.9 Å². The fourth-order valence-electron chi connectivity index (χ4n) is 3.94. The zero-order chi connectivity index (χ0) is 30.1. The number of anilines is 3. The molecule has 0 spiro atoms. The van der Waals surface area contributed by atoms with Gasteiger partial charge in [0, 0.05) is 27.4 Å². The van der Waals surface area contributed by atoms with E-state index in [4.69, 9.17) is 15.2 Å². The molecule has 0 aliphatic heterocycles. The summed E-state index contributed by atoms with van der Waals surface area (Å²) in [5.74, 6) is -0.329. The average Bonchev–Trinajstić information content (AvgIpc) is 2.97. The van der Waals surface area contributed by atoms with Crippen molar-refractivity contribution in [2.45, 2.75) is 19.1 Å². The number of nitrogens with one attached hydrogen (secondary N) is 2. The third-order valence-corrected chi connectivity index (χ3v) is 6.53. The average molecular weight is 630 g/mol. The number of ketones is 1. The van der Waals surface area contributed by atoms with Crippen LogP contribution in [-0.2, 0) is 9.53 Å². The summed E-state index contributed by atoms with van der Waals surface area (Å²) in [7, 11) is 0. The summed E-state index contributed by atoms with van der Waals surface area (Å²) in [4.78, 5) is 37.5. The van der Waals surface area contributed by atoms with Crippen molar-refractivity contribution in [3.05, 3.63) is 125 Å². The first-order chi connectivity index (χ1) is 20.2. The van der Waals surface area contributed by atoms with Gasteiger partial charge in [-0.1, -0.05) is 46.3 Å². The molecule has 2 atom stereocenters. The molecule has 4 rings (SSSR count). The van der Waals surface area contributed by atoms with E-state index in [9.17, 15) is 19.5 Å². The van der Waals surface area contributed by atoms with E-state index in [1.54, 1.807) is 84.9 Å². The molecule has 10 heteroatoms. The van der Waals surface area contributed by atoms with Gasteiger partial charge in [0.25, 0.3) is 0 Å². The zero-order valence-corrected chi connectivity index (χ0v) is 24.1. The summed E-state index contributed by atoms with van der Waals surface area (Å²) in [6.45, 7) is 1.45. The van der Waals surface area contributed by atoms with E-state index in [1.807, 2.05) is 6.07 Å². The number of phenolic OH excluding ortho intramolecular Hbond substituents is 1. The Bertz CT molecular complexity index is 1590. The lowest BCUT2D eigenvalue weighted by atomic mass is 10.0. The number of carbonyl (C=O) groups excluding carboxylic acids is 3. The van der Waals surface area contributed by atoms with Gasteiger partial charge in [-0.05, 0) is 79.7 Å². The van der Waals surface area contributed by atoms with Crippen LogP contribution < -0.4 is 21.1 Å². The molecular formula is C32H28BrN3O6. The predicted molar refractivity (Wildman–Crippen MR) is 165 cm³/mol. The monoisotopic (exact) mass is 629 g/mol. The highest BCUT2D eigenvalue weighted by atomic mass is 79.9. The third kappa shape index (κ3) is 8.21. The molecule has 214 valence electrons. The Morgan fingerprint density at radius 2 is 1.60 bits per heavy atom. The van der Waals surface area contributed by atoms with Gasteiger partial charge in [0.05, 0.1) is 11.4 Å². The summed E-state index contributed by atoms with van der Waals surface area (Å²) in [6.07, 6.45) is -0.473. The minimum Gasteiger partial charge on any atom is -0.508 e. The highest BCUT2D eigenvalue weighted by Crippen LogP contribution is 2.35. The molecule has 5 N–H and O–H groups in total. The standard InChI is InChI=1S/C32H28BrN3O6/c1-20(37)21-11-14-23(15-12-21)35-32(40)42-31(25-19-22(33)13-16-28(25)38)29(41-24-7-3-2-4-8-24)17-18-30(39)36-27-10-6-5-9-26(27)34/h2-19,29,31,38H,34H2,1H3,(H,35,40)(H,36,39)/b18-17+/t29-,31-/m1/s1. The highest BCUT2D eigenvalue weighted by molar-refractivity contribution is 9.10. The normalized spacial score (nSPS) is 12.2. The molecule has 0 saturated heterocycles. The topological polar surface area (TPSA) is 140 Å². The molecule has 0 unspecified atom stereocenters. The van der Waals surface area contributed by atoms with Gasteiger partial charge in [-0.15, -0.1) is 0 Å². The van der Waals surface area contributed by atoms with Crippen LogP contribution in [0.2, 0.25) is 0 Å². The van der Waals surface area contributed by atoms with E-state index in [0.29, 0.717) is 32.8 Å². The Morgan fingerprint density at radius 3 is 2.29 bits per heavy atom. The lowest BCUT2D eigenvalue weighted by Gasteiger charge is -2.27. The van der Waals surface area contributed by atoms with Gasteiger partial charge in [0.15, 0.2) is 18.0 Å². The Balaban J connectivity index is 1.66. The second kappa shape index (κ2) is 14.0. The van der Waals surface area contributed by atoms with Crippen LogP contribution in [-0.4, -0.2) is 29.0 Å². The fourth-order valence-corrected chi connectivity index (χ4v) is 4.32. The summed E-state index contributed by atoms with van der Waals surface area (Å²) >= 11 is 3.40. The molecule has 0 bridgehead atoms. The number of rotatable bonds is 10. The number of halogens is 1. The van der Waals surface area contributed by atoms with Gasteiger partial charge in [0.1, 0.15) is 11.5 Å². The van der Waals surface area contributed by atoms with Crippen LogP contribution in [0.25, 0.3) is 0 Å². The van der Waals surface area contributed by atoms with Gasteiger partial charge < -0.3 is 25.6 Å². The summed E-state index contributed by atoms with van der Waals surface area (Å²) < 4.78 is 12.6. The number of nitrogens with two attached hydrogens (primary N) is 1. The number of amides is 2. The number of phenols is 1. The lowest BCUT2D eigenvalue weighted by Crippen LogP contribution is -2.30. The smallest absolute Gasteiger partial charge is 0.412 e. The van der Waals surface area contributed by atoms with Crippen molar-refractivity contribution in [2.75, 3.05) is 16.4 Å². The molecule has 4 aromatic rings. The Kier molecular flexibility index (Phi) is 9.96. The molecule has 0 heterocycles. The van der Waals surface area contributed by atoms with Crippen molar-refractivity contribution in [1.82, 2.24) is 0 Å². The zero-order valence-electron chi connectivity index (χ0n) is 22.5. The number of para-hydroxylation sites is 3. The van der Waals surface area contributed by atoms with Crippen LogP contribution in [0.15, 0.2) is 114 Å². The van der Waals surface area contributed by atoms with E-state index in [-0.39, 0.29) is 17.1 Å². The molecule has 0 fully saturated rings. The van der Waals surface area contributed by atoms with Gasteiger partial charge >= 0.3 is 6.09 Å². The van der Waals surface area contributed by atoms with Crippen molar-refractivity contribution in [3.63, 3.8) is 0 Å². The Morgan fingerprint density at radius 1 is 0.905 bits per heavy atom. The lowest BCUT2D eigenvalue weighted by molar-refractivity contribution is -0.112. The van der Waals surface area contributed by atoms with Crippen LogP contribution in [0.5, 0.6) is 11.5 Å². The van der Waals surface area contributed by atoms with Gasteiger partial charge in [-0.25, -0.2) is 4.79 Å². The number of Topliss-reactive ketones (excluding diaryl/α,β-unsaturated/α-hetero) is 1. The van der Waals surface area contributed by atoms with Crippen molar-refractivity contribution in [3.8, 4) is 11.5 Å². The number of hydrogen-bond acceptors (Lipinski definition) is 7. The predicted octanol–water partition coefficient (Wildman–Crippen LogP) is 6.87. The van der Waals surface area contributed by atoms with E-state index in [2.05, 4.69) is 26.6 Å². The van der Waals surface area contributed by atoms with Crippen LogP contribution >= 0.6 is 15.9 Å². The third-order valence-electron chi connectivity index (χ3n) is 6.04. The first-order valence-corrected chi connectivity index (χ1v) is 13.6. The van der Waals surface area contributed by atoms with Gasteiger partial charge in [-0.2, -0.15) is 0 Å². The van der Waals surface area contributed by atoms with Crippen molar-refractivity contribution in [2.24, 2.45) is 0 Å². The summed E-state index contributed by atoms with van der Waals surface area (Å²) in [5.41, 5.74) is 7.87. The second-order valence-electron chi connectivity index (χ2n) is 9.12. The minimum atomic E-state index is -1.22. The maximum Gasteiger partial charge on any atom is 0.412 e. The number of carbonyl (C=O) groups is 3. The fraction of sp³-hybridized carbons (Fsp3) is 0.0938. The molecular weight excluding hydrogens is 602 g/mol. The van der Waals surface area contributed by atoms with E-state index < -0.39 is 24.2 Å². The van der Waals surface area contributed by atoms with Crippen molar-refractivity contribution in [1.29, 1.82) is 0 Å². The van der Waals surface area contributed by atoms with Gasteiger partial charge in [0.2, 0.25) is 5.91 Å². The molecule has 0 aliphatic rings. The molecule has 0 saturated carbocycles. The number of aromatic hydroxyl groups is 1. The number of nitrogen functional groups attached to an aromatic ring is 1. The second-order valence-corrected chi connectivity index (χ2v) is 10.0. The largest absolute Gasteiger partial charge is 0.508 e. The first kappa shape index (κ1) is 29.9. The molecule has 0 aliphatic carbocycles. The highest BCUT2D eigenvalue weighted by Gasteiger charge is 2.30. The van der Waals surface area contributed by atoms with E-state index in [1.165, 1.54) is 25.1 Å². The Labute approximate surface area is 251 Å². The molecule has 4 aromatic carbocycles. The van der Waals surface area contributed by atoms with E-state index >= 15 is 0 Å². The maximum absolute atomic E-state index is 13.1. The molecule has 9 nitrogen and oxygen atoms in total. The number of benzene rings is 4. The van der Waals surface area contributed by atoms with E-state index in [0.717, 1.165) is 0 Å². The quantitative estimate of drug-likeness (QED) is 0.0852. The summed E-state index contributed by atoms with van der Waals surface area (Å²) in [6, 6.07) is 26.6. The first-order valence-electron chi connectivity index (χ1n) is 12.8. The maximum atomic E-state index is 13.1. The van der Waals surface area contributed by atoms with Crippen LogP contribution in [0.1, 0.15) is 28.9 Å². The van der Waals surface area contributed by atoms with Crippen LogP contribution in [0, 0.1) is 0 Å². The molecule has 0 aromatic heterocycles. The molecule has 2 amide bonds. The number of ether oxygens (including phenoxy) is 2. The van der Waals surface area contributed by atoms with Crippen molar-refractivity contribution < 1.29 is 29.0 Å². The minimum absolute atomic E-state index is 0.110. The summed E-state index contributed by atoms with van der Waals surface area (Å²) in [5, 5.41) is 16.1. The SMILES string of the molecule is CC(=O)c1ccc(NC(=O)O[C@H](c2cc(Br)ccc2O)[C@@H](/C=C/C(=O)Nc2ccccc2N)Oc2ccccc2)cc1. The molecule has 42 heavy (non-hydrogen) atoms. The Hall–Kier alpha value is -5.09. The van der Waals surface area contributed by atoms with Crippen LogP contribution in [0.3, 0.4) is 0 Å². The van der Waals surface area contributed by atoms with Crippen LogP contribution in [0.4, 0.5) is 21.9 Å². The number of hydrogen-bond donors (Lipinski definition) is 4. The molecule has 0 radical (unpaired) electrons. The van der Waals surface area contributed by atoms with Crippen molar-refractivity contribution >= 4 is 50.8 Å².